The van der Waals surface area contributed by atoms with Crippen LogP contribution in [0.25, 0.3) is 0 Å². The Balaban J connectivity index is 1.75. The Kier molecular flexibility index (Phi) is 2.50. The molecule has 0 aromatic heterocycles. The smallest absolute Gasteiger partial charge is 0.196 e. The summed E-state index contributed by atoms with van der Waals surface area (Å²) in [6, 6.07) is 8.19. The summed E-state index contributed by atoms with van der Waals surface area (Å²) >= 11 is 0. The van der Waals surface area contributed by atoms with Crippen molar-refractivity contribution in [2.45, 2.75) is 31.2 Å². The fourth-order valence-corrected chi connectivity index (χ4v) is 4.61. The predicted octanol–water partition coefficient (Wildman–Crippen LogP) is 2.39. The zero-order chi connectivity index (χ0) is 13.7. The number of rotatable bonds is 2. The van der Waals surface area contributed by atoms with Crippen LogP contribution in [0, 0.1) is 11.8 Å². The third-order valence-electron chi connectivity index (χ3n) is 5.44. The first kappa shape index (κ1) is 12.1. The SMILES string of the molecule is COc1cccc(N2C(N)=NCC23CC2CCC3C2)c1. The van der Waals surface area contributed by atoms with Crippen LogP contribution in [0.5, 0.6) is 5.75 Å². The topological polar surface area (TPSA) is 50.9 Å². The molecule has 3 aliphatic rings. The second-order valence-corrected chi connectivity index (χ2v) is 6.40. The van der Waals surface area contributed by atoms with Crippen LogP contribution in [0.4, 0.5) is 5.69 Å². The summed E-state index contributed by atoms with van der Waals surface area (Å²) in [5.74, 6) is 3.16. The lowest BCUT2D eigenvalue weighted by molar-refractivity contribution is 0.292. The summed E-state index contributed by atoms with van der Waals surface area (Å²) in [6.45, 7) is 0.858. The quantitative estimate of drug-likeness (QED) is 0.898. The average Bonchev–Trinajstić information content (AvgIpc) is 3.14. The number of ether oxygens (including phenoxy) is 1. The first-order valence-electron chi connectivity index (χ1n) is 7.47. The van der Waals surface area contributed by atoms with Gasteiger partial charge in [0.1, 0.15) is 5.75 Å². The number of nitrogens with zero attached hydrogens (tertiary/aromatic N) is 2. The van der Waals surface area contributed by atoms with Gasteiger partial charge >= 0.3 is 0 Å². The van der Waals surface area contributed by atoms with Crippen molar-refractivity contribution in [1.29, 1.82) is 0 Å². The Hall–Kier alpha value is -1.71. The van der Waals surface area contributed by atoms with Gasteiger partial charge in [-0.25, -0.2) is 0 Å². The number of guanidine groups is 1. The van der Waals surface area contributed by atoms with E-state index in [9.17, 15) is 0 Å². The van der Waals surface area contributed by atoms with E-state index in [1.165, 1.54) is 25.7 Å². The number of benzene rings is 1. The van der Waals surface area contributed by atoms with Crippen LogP contribution in [0.15, 0.2) is 29.3 Å². The molecule has 3 atom stereocenters. The normalized spacial score (nSPS) is 34.9. The van der Waals surface area contributed by atoms with Gasteiger partial charge in [0.15, 0.2) is 5.96 Å². The molecule has 0 amide bonds. The fourth-order valence-electron chi connectivity index (χ4n) is 4.61. The molecule has 2 bridgehead atoms. The van der Waals surface area contributed by atoms with Gasteiger partial charge in [-0.15, -0.1) is 0 Å². The van der Waals surface area contributed by atoms with Crippen LogP contribution in [-0.4, -0.2) is 25.2 Å². The summed E-state index contributed by atoms with van der Waals surface area (Å²) in [5.41, 5.74) is 7.48. The van der Waals surface area contributed by atoms with Crippen molar-refractivity contribution in [1.82, 2.24) is 0 Å². The summed E-state index contributed by atoms with van der Waals surface area (Å²) < 4.78 is 5.36. The zero-order valence-corrected chi connectivity index (χ0v) is 11.9. The minimum absolute atomic E-state index is 0.138. The molecule has 1 heterocycles. The van der Waals surface area contributed by atoms with Crippen molar-refractivity contribution in [2.75, 3.05) is 18.6 Å². The second-order valence-electron chi connectivity index (χ2n) is 6.40. The van der Waals surface area contributed by atoms with E-state index in [0.717, 1.165) is 29.8 Å². The number of hydrogen-bond donors (Lipinski definition) is 1. The van der Waals surface area contributed by atoms with Crippen LogP contribution < -0.4 is 15.4 Å². The maximum atomic E-state index is 6.22. The fraction of sp³-hybridized carbons (Fsp3) is 0.562. The molecule has 4 rings (SSSR count). The summed E-state index contributed by atoms with van der Waals surface area (Å²) in [6.07, 6.45) is 5.30. The largest absolute Gasteiger partial charge is 0.497 e. The minimum Gasteiger partial charge on any atom is -0.497 e. The molecule has 1 spiro atoms. The number of hydrogen-bond acceptors (Lipinski definition) is 4. The number of nitrogens with two attached hydrogens (primary N) is 1. The number of methoxy groups -OCH3 is 1. The van der Waals surface area contributed by atoms with E-state index in [2.05, 4.69) is 22.0 Å². The highest BCUT2D eigenvalue weighted by Gasteiger charge is 2.57. The first-order chi connectivity index (χ1) is 9.73. The van der Waals surface area contributed by atoms with Gasteiger partial charge in [0, 0.05) is 11.8 Å². The molecule has 2 fully saturated rings. The second kappa shape index (κ2) is 4.14. The molecule has 2 saturated carbocycles. The molecular weight excluding hydrogens is 250 g/mol. The van der Waals surface area contributed by atoms with Crippen LogP contribution in [-0.2, 0) is 0 Å². The van der Waals surface area contributed by atoms with Crippen LogP contribution in [0.2, 0.25) is 0 Å². The Labute approximate surface area is 119 Å². The Morgan fingerprint density at radius 2 is 2.30 bits per heavy atom. The van der Waals surface area contributed by atoms with Crippen molar-refractivity contribution < 1.29 is 4.74 Å². The Bertz CT molecular complexity index is 571. The first-order valence-corrected chi connectivity index (χ1v) is 7.47. The van der Waals surface area contributed by atoms with E-state index < -0.39 is 0 Å². The molecule has 1 aliphatic heterocycles. The van der Waals surface area contributed by atoms with Gasteiger partial charge in [-0.05, 0) is 49.7 Å². The van der Waals surface area contributed by atoms with Gasteiger partial charge in [0.25, 0.3) is 0 Å². The summed E-state index contributed by atoms with van der Waals surface area (Å²) in [5, 5.41) is 0. The van der Waals surface area contributed by atoms with Crippen molar-refractivity contribution in [3.63, 3.8) is 0 Å². The van der Waals surface area contributed by atoms with E-state index in [4.69, 9.17) is 10.5 Å². The van der Waals surface area contributed by atoms with Crippen LogP contribution in [0.3, 0.4) is 0 Å². The molecule has 0 radical (unpaired) electrons. The van der Waals surface area contributed by atoms with E-state index >= 15 is 0 Å². The molecule has 20 heavy (non-hydrogen) atoms. The molecule has 106 valence electrons. The van der Waals surface area contributed by atoms with Crippen molar-refractivity contribution in [3.05, 3.63) is 24.3 Å². The van der Waals surface area contributed by atoms with Crippen molar-refractivity contribution >= 4 is 11.6 Å². The van der Waals surface area contributed by atoms with Gasteiger partial charge in [-0.3, -0.25) is 4.99 Å². The number of aliphatic imine (C=N–C) groups is 1. The molecule has 2 aliphatic carbocycles. The lowest BCUT2D eigenvalue weighted by Crippen LogP contribution is -2.55. The van der Waals surface area contributed by atoms with Gasteiger partial charge in [0.2, 0.25) is 0 Å². The zero-order valence-electron chi connectivity index (χ0n) is 11.9. The highest BCUT2D eigenvalue weighted by molar-refractivity contribution is 5.98. The van der Waals surface area contributed by atoms with Crippen LogP contribution >= 0.6 is 0 Å². The van der Waals surface area contributed by atoms with Crippen LogP contribution in [0.1, 0.15) is 25.7 Å². The van der Waals surface area contributed by atoms with E-state index in [1.807, 2.05) is 12.1 Å². The molecule has 4 nitrogen and oxygen atoms in total. The molecule has 4 heteroatoms. The standard InChI is InChI=1S/C16H21N3O/c1-20-14-4-2-3-13(8-14)19-15(17)18-10-16(19)9-11-5-6-12(16)7-11/h2-4,8,11-12H,5-7,9-10H2,1H3,(H2,17,18). The molecule has 2 N–H and O–H groups in total. The molecular formula is C16H21N3O. The predicted molar refractivity (Wildman–Crippen MR) is 80.1 cm³/mol. The molecule has 3 unspecified atom stereocenters. The van der Waals surface area contributed by atoms with Crippen molar-refractivity contribution in [3.8, 4) is 5.75 Å². The molecule has 1 aromatic rings. The van der Waals surface area contributed by atoms with Gasteiger partial charge in [0.05, 0.1) is 19.2 Å². The van der Waals surface area contributed by atoms with E-state index in [0.29, 0.717) is 5.96 Å². The lowest BCUT2D eigenvalue weighted by atomic mass is 9.80. The number of fused-ring (bicyclic) bond motifs is 3. The highest BCUT2D eigenvalue weighted by atomic mass is 16.5. The Morgan fingerprint density at radius 3 is 3.00 bits per heavy atom. The van der Waals surface area contributed by atoms with E-state index in [-0.39, 0.29) is 5.54 Å². The minimum atomic E-state index is 0.138. The van der Waals surface area contributed by atoms with Gasteiger partial charge in [-0.1, -0.05) is 6.07 Å². The average molecular weight is 271 g/mol. The lowest BCUT2D eigenvalue weighted by Gasteiger charge is -2.42. The Morgan fingerprint density at radius 1 is 1.40 bits per heavy atom. The van der Waals surface area contributed by atoms with Crippen molar-refractivity contribution in [2.24, 2.45) is 22.6 Å². The van der Waals surface area contributed by atoms with Gasteiger partial charge in [-0.2, -0.15) is 0 Å². The summed E-state index contributed by atoms with van der Waals surface area (Å²) in [7, 11) is 1.70. The van der Waals surface area contributed by atoms with Gasteiger partial charge < -0.3 is 15.4 Å². The molecule has 0 saturated heterocycles. The summed E-state index contributed by atoms with van der Waals surface area (Å²) in [4.78, 5) is 6.87. The third kappa shape index (κ3) is 1.51. The van der Waals surface area contributed by atoms with E-state index in [1.54, 1.807) is 7.11 Å². The maximum Gasteiger partial charge on any atom is 0.196 e. The monoisotopic (exact) mass is 271 g/mol. The molecule has 1 aromatic carbocycles. The highest BCUT2D eigenvalue weighted by Crippen LogP contribution is 2.55. The third-order valence-corrected chi connectivity index (χ3v) is 5.44. The number of anilines is 1. The maximum absolute atomic E-state index is 6.22.